The summed E-state index contributed by atoms with van der Waals surface area (Å²) in [7, 11) is 0. The van der Waals surface area contributed by atoms with Crippen LogP contribution in [0, 0.1) is 19.8 Å². The molecular formula is C20H29N3O5. The van der Waals surface area contributed by atoms with E-state index in [1.165, 1.54) is 0 Å². The van der Waals surface area contributed by atoms with Gasteiger partial charge in [-0.15, -0.1) is 0 Å². The highest BCUT2D eigenvalue weighted by molar-refractivity contribution is 6.00. The highest BCUT2D eigenvalue weighted by atomic mass is 16.5. The number of carbonyl (C=O) groups excluding carboxylic acids is 3. The number of aromatic nitrogens is 1. The van der Waals surface area contributed by atoms with Gasteiger partial charge in [-0.2, -0.15) is 0 Å². The fraction of sp³-hybridized carbons (Fsp3) is 0.650. The Bertz CT molecular complexity index is 743. The van der Waals surface area contributed by atoms with Crippen LogP contribution in [0.5, 0.6) is 0 Å². The molecule has 0 unspecified atom stereocenters. The third-order valence-corrected chi connectivity index (χ3v) is 5.59. The first-order chi connectivity index (χ1) is 13.4. The van der Waals surface area contributed by atoms with E-state index in [9.17, 15) is 14.4 Å². The molecule has 0 radical (unpaired) electrons. The molecule has 0 spiro atoms. The molecule has 2 saturated heterocycles. The van der Waals surface area contributed by atoms with E-state index in [2.05, 4.69) is 4.98 Å². The van der Waals surface area contributed by atoms with Gasteiger partial charge in [-0.1, -0.05) is 0 Å². The number of esters is 1. The lowest BCUT2D eigenvalue weighted by atomic mass is 9.94. The van der Waals surface area contributed by atoms with Crippen LogP contribution < -0.4 is 0 Å². The molecule has 0 atom stereocenters. The van der Waals surface area contributed by atoms with Crippen molar-refractivity contribution in [1.82, 2.24) is 14.8 Å². The maximum Gasteiger partial charge on any atom is 0.340 e. The number of piperidine rings is 1. The van der Waals surface area contributed by atoms with Crippen molar-refractivity contribution in [2.24, 2.45) is 5.92 Å². The minimum Gasteiger partial charge on any atom is -0.462 e. The van der Waals surface area contributed by atoms with Crippen molar-refractivity contribution in [3.8, 4) is 0 Å². The summed E-state index contributed by atoms with van der Waals surface area (Å²) >= 11 is 0. The van der Waals surface area contributed by atoms with Gasteiger partial charge in [0.25, 0.3) is 5.91 Å². The van der Waals surface area contributed by atoms with Crippen LogP contribution >= 0.6 is 0 Å². The number of H-pyrrole nitrogens is 1. The zero-order chi connectivity index (χ0) is 20.3. The number of aromatic amines is 1. The highest BCUT2D eigenvalue weighted by Crippen LogP contribution is 2.25. The van der Waals surface area contributed by atoms with E-state index >= 15 is 0 Å². The average molecular weight is 391 g/mol. The fourth-order valence-electron chi connectivity index (χ4n) is 4.00. The van der Waals surface area contributed by atoms with Crippen molar-refractivity contribution in [3.05, 3.63) is 22.5 Å². The van der Waals surface area contributed by atoms with Gasteiger partial charge in [0.1, 0.15) is 5.69 Å². The van der Waals surface area contributed by atoms with E-state index in [0.29, 0.717) is 74.7 Å². The molecule has 1 aromatic heterocycles. The number of hydrogen-bond acceptors (Lipinski definition) is 5. The van der Waals surface area contributed by atoms with Crippen LogP contribution in [-0.2, 0) is 14.3 Å². The first kappa shape index (κ1) is 20.4. The molecule has 1 aromatic rings. The summed E-state index contributed by atoms with van der Waals surface area (Å²) in [6.45, 7) is 9.12. The van der Waals surface area contributed by atoms with Gasteiger partial charge in [0, 0.05) is 37.8 Å². The Morgan fingerprint density at radius 1 is 1.07 bits per heavy atom. The SMILES string of the molecule is CCOC(=O)c1c(C)[nH]c(C(=O)N2CCC(C(=O)N3CCOCC3)CC2)c1C. The highest BCUT2D eigenvalue weighted by Gasteiger charge is 2.33. The van der Waals surface area contributed by atoms with Gasteiger partial charge < -0.3 is 24.3 Å². The number of rotatable bonds is 4. The Kier molecular flexibility index (Phi) is 6.39. The van der Waals surface area contributed by atoms with Gasteiger partial charge >= 0.3 is 5.97 Å². The lowest BCUT2D eigenvalue weighted by Gasteiger charge is -2.35. The fourth-order valence-corrected chi connectivity index (χ4v) is 4.00. The molecule has 3 rings (SSSR count). The molecule has 8 heteroatoms. The molecule has 3 heterocycles. The normalized spacial score (nSPS) is 18.2. The molecule has 0 aromatic carbocycles. The number of amides is 2. The lowest BCUT2D eigenvalue weighted by molar-refractivity contribution is -0.141. The Balaban J connectivity index is 1.63. The number of carbonyl (C=O) groups is 3. The number of aryl methyl sites for hydroxylation is 1. The maximum absolute atomic E-state index is 13.0. The van der Waals surface area contributed by atoms with Gasteiger partial charge in [-0.3, -0.25) is 9.59 Å². The van der Waals surface area contributed by atoms with Gasteiger partial charge in [0.15, 0.2) is 0 Å². The molecule has 2 fully saturated rings. The van der Waals surface area contributed by atoms with E-state index in [1.807, 2.05) is 4.90 Å². The van der Waals surface area contributed by atoms with Crippen molar-refractivity contribution < 1.29 is 23.9 Å². The molecule has 2 aliphatic rings. The predicted molar refractivity (Wildman–Crippen MR) is 102 cm³/mol. The van der Waals surface area contributed by atoms with Gasteiger partial charge in [-0.25, -0.2) is 4.79 Å². The maximum atomic E-state index is 13.0. The van der Waals surface area contributed by atoms with Crippen LogP contribution in [0.3, 0.4) is 0 Å². The predicted octanol–water partition coefficient (Wildman–Crippen LogP) is 1.52. The van der Waals surface area contributed by atoms with E-state index in [0.717, 1.165) is 0 Å². The van der Waals surface area contributed by atoms with E-state index < -0.39 is 5.97 Å². The molecule has 8 nitrogen and oxygen atoms in total. The van der Waals surface area contributed by atoms with Crippen molar-refractivity contribution in [2.75, 3.05) is 46.0 Å². The Morgan fingerprint density at radius 3 is 2.32 bits per heavy atom. The molecule has 0 aliphatic carbocycles. The Labute approximate surface area is 165 Å². The first-order valence-electron chi connectivity index (χ1n) is 9.96. The number of ether oxygens (including phenoxy) is 2. The second-order valence-corrected chi connectivity index (χ2v) is 7.35. The third kappa shape index (κ3) is 4.06. The summed E-state index contributed by atoms with van der Waals surface area (Å²) in [5, 5.41) is 0. The molecule has 0 saturated carbocycles. The van der Waals surface area contributed by atoms with Crippen LogP contribution in [-0.4, -0.2) is 78.6 Å². The van der Waals surface area contributed by atoms with Gasteiger partial charge in [-0.05, 0) is 39.2 Å². The summed E-state index contributed by atoms with van der Waals surface area (Å²) in [6.07, 6.45) is 1.32. The zero-order valence-electron chi connectivity index (χ0n) is 16.9. The number of hydrogen-bond donors (Lipinski definition) is 1. The third-order valence-electron chi connectivity index (χ3n) is 5.59. The second-order valence-electron chi connectivity index (χ2n) is 7.35. The lowest BCUT2D eigenvalue weighted by Crippen LogP contribution is -2.47. The standard InChI is InChI=1S/C20H29N3O5/c1-4-28-20(26)16-13(2)17(21-14(16)3)19(25)22-7-5-15(6-8-22)18(24)23-9-11-27-12-10-23/h15,21H,4-12H2,1-3H3. The number of nitrogens with one attached hydrogen (secondary N) is 1. The minimum absolute atomic E-state index is 0.0382. The summed E-state index contributed by atoms with van der Waals surface area (Å²) in [5.74, 6) is -0.411. The molecule has 1 N–H and O–H groups in total. The topological polar surface area (TPSA) is 91.9 Å². The summed E-state index contributed by atoms with van der Waals surface area (Å²) < 4.78 is 10.4. The number of nitrogens with zero attached hydrogens (tertiary/aromatic N) is 2. The summed E-state index contributed by atoms with van der Waals surface area (Å²) in [6, 6.07) is 0. The quantitative estimate of drug-likeness (QED) is 0.786. The van der Waals surface area contributed by atoms with Crippen LogP contribution in [0.25, 0.3) is 0 Å². The van der Waals surface area contributed by atoms with Gasteiger partial charge in [0.05, 0.1) is 25.4 Å². The molecule has 28 heavy (non-hydrogen) atoms. The smallest absolute Gasteiger partial charge is 0.340 e. The van der Waals surface area contributed by atoms with Gasteiger partial charge in [0.2, 0.25) is 5.91 Å². The summed E-state index contributed by atoms with van der Waals surface area (Å²) in [5.41, 5.74) is 2.12. The zero-order valence-corrected chi connectivity index (χ0v) is 16.9. The monoisotopic (exact) mass is 391 g/mol. The van der Waals surface area contributed by atoms with Crippen molar-refractivity contribution in [1.29, 1.82) is 0 Å². The van der Waals surface area contributed by atoms with Crippen LogP contribution in [0.4, 0.5) is 0 Å². The van der Waals surface area contributed by atoms with E-state index in [1.54, 1.807) is 25.7 Å². The molecule has 154 valence electrons. The van der Waals surface area contributed by atoms with Crippen molar-refractivity contribution in [3.63, 3.8) is 0 Å². The first-order valence-corrected chi connectivity index (χ1v) is 9.96. The van der Waals surface area contributed by atoms with Crippen LogP contribution in [0.15, 0.2) is 0 Å². The number of morpholine rings is 1. The van der Waals surface area contributed by atoms with E-state index in [4.69, 9.17) is 9.47 Å². The molecular weight excluding hydrogens is 362 g/mol. The minimum atomic E-state index is -0.414. The summed E-state index contributed by atoms with van der Waals surface area (Å²) in [4.78, 5) is 44.5. The van der Waals surface area contributed by atoms with Crippen molar-refractivity contribution >= 4 is 17.8 Å². The average Bonchev–Trinajstić information content (AvgIpc) is 3.02. The second kappa shape index (κ2) is 8.77. The molecule has 2 aliphatic heterocycles. The Hall–Kier alpha value is -2.35. The number of likely N-dealkylation sites (tertiary alicyclic amines) is 1. The molecule has 2 amide bonds. The van der Waals surface area contributed by atoms with Crippen LogP contribution in [0.2, 0.25) is 0 Å². The van der Waals surface area contributed by atoms with Crippen LogP contribution in [0.1, 0.15) is 51.9 Å². The van der Waals surface area contributed by atoms with Crippen molar-refractivity contribution in [2.45, 2.75) is 33.6 Å². The molecule has 0 bridgehead atoms. The largest absolute Gasteiger partial charge is 0.462 e. The Morgan fingerprint density at radius 2 is 1.71 bits per heavy atom. The van der Waals surface area contributed by atoms with E-state index in [-0.39, 0.29) is 24.3 Å².